The summed E-state index contributed by atoms with van der Waals surface area (Å²) in [6.45, 7) is 10.5. The molecule has 4 aromatic rings. The molecule has 0 N–H and O–H groups in total. The van der Waals surface area contributed by atoms with Crippen molar-refractivity contribution in [1.29, 1.82) is 0 Å². The van der Waals surface area contributed by atoms with Crippen LogP contribution in [-0.2, 0) is 0 Å². The number of aromatic nitrogens is 4. The third kappa shape index (κ3) is 3.82. The summed E-state index contributed by atoms with van der Waals surface area (Å²) in [5.41, 5.74) is 7.14. The summed E-state index contributed by atoms with van der Waals surface area (Å²) < 4.78 is 2.01. The Morgan fingerprint density at radius 2 is 1.77 bits per heavy atom. The second-order valence-corrected chi connectivity index (χ2v) is 8.14. The molecule has 31 heavy (non-hydrogen) atoms. The predicted octanol–water partition coefficient (Wildman–Crippen LogP) is 3.91. The number of rotatable bonds is 4. The fourth-order valence-corrected chi connectivity index (χ4v) is 4.06. The lowest BCUT2D eigenvalue weighted by Crippen LogP contribution is -2.44. The Labute approximate surface area is 182 Å². The van der Waals surface area contributed by atoms with Crippen LogP contribution in [0.25, 0.3) is 22.3 Å². The number of nitrogens with zero attached hydrogens (tertiary/aromatic N) is 6. The van der Waals surface area contributed by atoms with E-state index in [1.54, 1.807) is 6.20 Å². The van der Waals surface area contributed by atoms with Gasteiger partial charge >= 0.3 is 0 Å². The smallest absolute Gasteiger partial charge is 0.136 e. The van der Waals surface area contributed by atoms with Crippen LogP contribution >= 0.6 is 0 Å². The molecule has 6 nitrogen and oxygen atoms in total. The summed E-state index contributed by atoms with van der Waals surface area (Å²) in [7, 11) is 2.16. The Hall–Kier alpha value is -3.51. The molecule has 0 atom stereocenters. The lowest BCUT2D eigenvalue weighted by molar-refractivity contribution is 0.312. The number of piperazine rings is 1. The van der Waals surface area contributed by atoms with Crippen molar-refractivity contribution in [3.8, 4) is 11.1 Å². The number of imidazole rings is 1. The van der Waals surface area contributed by atoms with Gasteiger partial charge in [0.05, 0.1) is 0 Å². The van der Waals surface area contributed by atoms with E-state index in [-0.39, 0.29) is 0 Å². The highest BCUT2D eigenvalue weighted by Gasteiger charge is 2.16. The molecule has 5 rings (SSSR count). The number of fused-ring (bicyclic) bond motifs is 1. The van der Waals surface area contributed by atoms with Crippen molar-refractivity contribution in [2.75, 3.05) is 38.1 Å². The van der Waals surface area contributed by atoms with E-state index in [1.165, 1.54) is 0 Å². The van der Waals surface area contributed by atoms with Crippen LogP contribution in [0.2, 0.25) is 0 Å². The van der Waals surface area contributed by atoms with Crippen LogP contribution in [0, 0.1) is 6.92 Å². The largest absolute Gasteiger partial charge is 0.354 e. The summed E-state index contributed by atoms with van der Waals surface area (Å²) in [5.74, 6) is 1.03. The Bertz CT molecular complexity index is 1250. The zero-order valence-corrected chi connectivity index (χ0v) is 18.0. The average molecular weight is 411 g/mol. The topological polar surface area (TPSA) is 49.6 Å². The van der Waals surface area contributed by atoms with Gasteiger partial charge in [-0.2, -0.15) is 0 Å². The monoisotopic (exact) mass is 410 g/mol. The minimum Gasteiger partial charge on any atom is -0.354 e. The third-order valence-corrected chi connectivity index (χ3v) is 6.06. The average Bonchev–Trinajstić information content (AvgIpc) is 3.27. The lowest BCUT2D eigenvalue weighted by Gasteiger charge is -2.33. The van der Waals surface area contributed by atoms with Crippen LogP contribution in [0.4, 0.5) is 5.82 Å². The first kappa shape index (κ1) is 19.5. The molecule has 0 unspecified atom stereocenters. The second-order valence-electron chi connectivity index (χ2n) is 8.14. The molecule has 0 radical (unpaired) electrons. The van der Waals surface area contributed by atoms with Gasteiger partial charge < -0.3 is 14.2 Å². The van der Waals surface area contributed by atoms with E-state index in [4.69, 9.17) is 0 Å². The molecular formula is C25H26N6. The van der Waals surface area contributed by atoms with E-state index < -0.39 is 0 Å². The standard InChI is InChI=1S/C25H26N6/c1-18(21-4-5-24-27-8-9-31(24)17-21)23-14-22(16-28-19(23)2)20-6-7-26-25(15-20)30-12-10-29(3)11-13-30/h4-9,14-17H,1,10-13H2,2-3H3. The van der Waals surface area contributed by atoms with E-state index in [0.29, 0.717) is 0 Å². The number of anilines is 1. The molecule has 1 aliphatic heterocycles. The van der Waals surface area contributed by atoms with Gasteiger partial charge in [0.25, 0.3) is 0 Å². The van der Waals surface area contributed by atoms with Crippen molar-refractivity contribution in [3.05, 3.63) is 84.7 Å². The molecule has 1 aliphatic rings. The Morgan fingerprint density at radius 1 is 0.935 bits per heavy atom. The molecule has 0 aromatic carbocycles. The molecule has 0 bridgehead atoms. The predicted molar refractivity (Wildman–Crippen MR) is 125 cm³/mol. The van der Waals surface area contributed by atoms with Gasteiger partial charge in [-0.1, -0.05) is 6.58 Å². The summed E-state index contributed by atoms with van der Waals surface area (Å²) in [5, 5.41) is 0. The first-order chi connectivity index (χ1) is 15.1. The van der Waals surface area contributed by atoms with Gasteiger partial charge in [-0.15, -0.1) is 0 Å². The molecular weight excluding hydrogens is 384 g/mol. The molecule has 4 aromatic heterocycles. The maximum atomic E-state index is 4.69. The summed E-state index contributed by atoms with van der Waals surface area (Å²) >= 11 is 0. The minimum absolute atomic E-state index is 0.924. The first-order valence-corrected chi connectivity index (χ1v) is 10.6. The van der Waals surface area contributed by atoms with Crippen molar-refractivity contribution in [2.45, 2.75) is 6.92 Å². The number of aryl methyl sites for hydroxylation is 1. The number of likely N-dealkylation sites (N-methyl/N-ethyl adjacent to an activating group) is 1. The number of pyridine rings is 3. The normalized spacial score (nSPS) is 14.8. The molecule has 6 heteroatoms. The molecule has 5 heterocycles. The summed E-state index contributed by atoms with van der Waals surface area (Å²) in [6, 6.07) is 10.5. The van der Waals surface area contributed by atoms with Crippen LogP contribution < -0.4 is 4.90 Å². The zero-order chi connectivity index (χ0) is 21.4. The van der Waals surface area contributed by atoms with Crippen LogP contribution in [0.15, 0.2) is 67.9 Å². The first-order valence-electron chi connectivity index (χ1n) is 10.6. The van der Waals surface area contributed by atoms with Crippen LogP contribution in [0.5, 0.6) is 0 Å². The van der Waals surface area contributed by atoms with E-state index in [9.17, 15) is 0 Å². The molecule has 1 fully saturated rings. The van der Waals surface area contributed by atoms with Crippen molar-refractivity contribution in [1.82, 2.24) is 24.3 Å². The maximum Gasteiger partial charge on any atom is 0.136 e. The highest BCUT2D eigenvalue weighted by molar-refractivity contribution is 5.82. The number of hydrogen-bond donors (Lipinski definition) is 0. The van der Waals surface area contributed by atoms with Crippen molar-refractivity contribution in [3.63, 3.8) is 0 Å². The Balaban J connectivity index is 1.47. The van der Waals surface area contributed by atoms with Gasteiger partial charge in [0.2, 0.25) is 0 Å². The fraction of sp³-hybridized carbons (Fsp3) is 0.240. The summed E-state index contributed by atoms with van der Waals surface area (Å²) in [4.78, 5) is 18.3. The SMILES string of the molecule is C=C(c1ccc2nccn2c1)c1cc(-c2ccnc(N3CCN(C)CC3)c2)cnc1C. The lowest BCUT2D eigenvalue weighted by atomic mass is 9.96. The second kappa shape index (κ2) is 7.96. The number of hydrogen-bond acceptors (Lipinski definition) is 5. The quantitative estimate of drug-likeness (QED) is 0.511. The Kier molecular flexibility index (Phi) is 5.00. The van der Waals surface area contributed by atoms with E-state index >= 15 is 0 Å². The highest BCUT2D eigenvalue weighted by atomic mass is 15.3. The molecule has 1 saturated heterocycles. The van der Waals surface area contributed by atoms with Gasteiger partial charge in [0.1, 0.15) is 11.5 Å². The van der Waals surface area contributed by atoms with Crippen molar-refractivity contribution in [2.24, 2.45) is 0 Å². The molecule has 0 spiro atoms. The van der Waals surface area contributed by atoms with Crippen LogP contribution in [-0.4, -0.2) is 57.5 Å². The fourth-order valence-electron chi connectivity index (χ4n) is 4.06. The van der Waals surface area contributed by atoms with Gasteiger partial charge in [-0.05, 0) is 61.0 Å². The minimum atomic E-state index is 0.924. The molecule has 156 valence electrons. The van der Waals surface area contributed by atoms with Crippen LogP contribution in [0.1, 0.15) is 16.8 Å². The summed E-state index contributed by atoms with van der Waals surface area (Å²) in [6.07, 6.45) is 9.65. The van der Waals surface area contributed by atoms with Gasteiger partial charge in [0, 0.05) is 74.0 Å². The van der Waals surface area contributed by atoms with Crippen molar-refractivity contribution >= 4 is 17.0 Å². The van der Waals surface area contributed by atoms with E-state index in [1.807, 2.05) is 36.0 Å². The highest BCUT2D eigenvalue weighted by Crippen LogP contribution is 2.29. The van der Waals surface area contributed by atoms with Gasteiger partial charge in [-0.3, -0.25) is 4.98 Å². The molecule has 0 aliphatic carbocycles. The van der Waals surface area contributed by atoms with E-state index in [2.05, 4.69) is 68.8 Å². The van der Waals surface area contributed by atoms with E-state index in [0.717, 1.165) is 71.2 Å². The van der Waals surface area contributed by atoms with Gasteiger partial charge in [0.15, 0.2) is 0 Å². The maximum absolute atomic E-state index is 4.69. The zero-order valence-electron chi connectivity index (χ0n) is 18.0. The molecule has 0 amide bonds. The van der Waals surface area contributed by atoms with Crippen LogP contribution in [0.3, 0.4) is 0 Å². The van der Waals surface area contributed by atoms with Gasteiger partial charge in [-0.25, -0.2) is 9.97 Å². The molecule has 0 saturated carbocycles. The van der Waals surface area contributed by atoms with Crippen molar-refractivity contribution < 1.29 is 0 Å². The Morgan fingerprint density at radius 3 is 2.61 bits per heavy atom. The third-order valence-electron chi connectivity index (χ3n) is 6.06.